The number of nitrogens with one attached hydrogen (secondary N) is 2. The Morgan fingerprint density at radius 3 is 2.58 bits per heavy atom. The average molecular weight is 578 g/mol. The van der Waals surface area contributed by atoms with Crippen molar-refractivity contribution in [2.24, 2.45) is 17.6 Å². The maximum atomic E-state index is 7.01. The molecule has 1 atom stereocenters. The molecule has 0 radical (unpaired) electrons. The molecule has 1 aliphatic carbocycles. The zero-order valence-electron chi connectivity index (χ0n) is 19.6. The topological polar surface area (TPSA) is 62.6 Å². The minimum Gasteiger partial charge on any atom is -0.495 e. The highest BCUT2D eigenvalue weighted by Gasteiger charge is 2.39. The van der Waals surface area contributed by atoms with Gasteiger partial charge in [-0.15, -0.1) is 0 Å². The molecule has 5 nitrogen and oxygen atoms in total. The molecule has 1 saturated carbocycles. The summed E-state index contributed by atoms with van der Waals surface area (Å²) < 4.78 is 7.60. The molecule has 33 heavy (non-hydrogen) atoms. The zero-order valence-corrected chi connectivity index (χ0v) is 22.8. The van der Waals surface area contributed by atoms with E-state index in [1.54, 1.807) is 7.11 Å². The number of anilines is 1. The lowest BCUT2D eigenvalue weighted by Crippen LogP contribution is -2.55. The molecule has 2 aromatic rings. The molecule has 1 fully saturated rings. The third-order valence-corrected chi connectivity index (χ3v) is 8.02. The van der Waals surface area contributed by atoms with Crippen molar-refractivity contribution in [2.45, 2.75) is 37.9 Å². The van der Waals surface area contributed by atoms with Gasteiger partial charge in [-0.1, -0.05) is 34.1 Å². The summed E-state index contributed by atoms with van der Waals surface area (Å²) in [5.41, 5.74) is 11.2. The smallest absolute Gasteiger partial charge is 0.137 e. The molecule has 2 aromatic carbocycles. The lowest BCUT2D eigenvalue weighted by molar-refractivity contribution is 0.214. The first kappa shape index (κ1) is 24.6. The van der Waals surface area contributed by atoms with Crippen molar-refractivity contribution in [3.8, 4) is 5.75 Å². The van der Waals surface area contributed by atoms with Gasteiger partial charge in [0.05, 0.1) is 11.6 Å². The van der Waals surface area contributed by atoms with Crippen molar-refractivity contribution >= 4 is 43.2 Å². The molecule has 4 N–H and O–H groups in total. The van der Waals surface area contributed by atoms with E-state index in [0.717, 1.165) is 51.9 Å². The Morgan fingerprint density at radius 1 is 1.15 bits per heavy atom. The van der Waals surface area contributed by atoms with E-state index < -0.39 is 5.66 Å². The summed E-state index contributed by atoms with van der Waals surface area (Å²) >= 11 is 7.17. The number of benzene rings is 2. The van der Waals surface area contributed by atoms with Crippen molar-refractivity contribution in [2.75, 3.05) is 33.1 Å². The van der Waals surface area contributed by atoms with E-state index in [1.165, 1.54) is 24.1 Å². The summed E-state index contributed by atoms with van der Waals surface area (Å²) in [6.07, 6.45) is 6.87. The van der Waals surface area contributed by atoms with E-state index in [1.807, 2.05) is 6.07 Å². The first-order valence-electron chi connectivity index (χ1n) is 11.6. The molecule has 178 valence electrons. The molecule has 0 spiro atoms. The van der Waals surface area contributed by atoms with Crippen molar-refractivity contribution in [3.05, 3.63) is 62.5 Å². The van der Waals surface area contributed by atoms with Gasteiger partial charge in [0, 0.05) is 47.6 Å². The van der Waals surface area contributed by atoms with Crippen LogP contribution in [0.25, 0.3) is 5.70 Å². The van der Waals surface area contributed by atoms with Crippen molar-refractivity contribution in [3.63, 3.8) is 0 Å². The molecule has 2 aliphatic rings. The van der Waals surface area contributed by atoms with Crippen LogP contribution in [-0.2, 0) is 6.54 Å². The number of nitrogens with two attached hydrogens (primary N) is 1. The van der Waals surface area contributed by atoms with E-state index in [4.69, 9.17) is 10.5 Å². The summed E-state index contributed by atoms with van der Waals surface area (Å²) in [6, 6.07) is 12.6. The van der Waals surface area contributed by atoms with Gasteiger partial charge >= 0.3 is 0 Å². The van der Waals surface area contributed by atoms with Crippen LogP contribution >= 0.6 is 31.9 Å². The number of halogens is 2. The SMILES string of the molecule is COc1c(Br)cc(Br)cc1CNCC1CCC(C2(N)C=C(N(C)C)c3ccccc3N2)CC1. The maximum Gasteiger partial charge on any atom is 0.137 e. The molecule has 4 rings (SSSR count). The molecule has 0 aromatic heterocycles. The minimum atomic E-state index is -0.512. The maximum absolute atomic E-state index is 7.01. The first-order chi connectivity index (χ1) is 15.8. The van der Waals surface area contributed by atoms with Crippen LogP contribution in [-0.4, -0.2) is 38.3 Å². The predicted molar refractivity (Wildman–Crippen MR) is 144 cm³/mol. The van der Waals surface area contributed by atoms with Gasteiger partial charge in [-0.3, -0.25) is 0 Å². The summed E-state index contributed by atoms with van der Waals surface area (Å²) in [6.45, 7) is 1.79. The number of nitrogens with zero attached hydrogens (tertiary/aromatic N) is 1. The summed E-state index contributed by atoms with van der Waals surface area (Å²) in [4.78, 5) is 2.17. The largest absolute Gasteiger partial charge is 0.495 e. The Balaban J connectivity index is 1.35. The third-order valence-electron chi connectivity index (χ3n) is 6.97. The van der Waals surface area contributed by atoms with Crippen LogP contribution in [0.2, 0.25) is 0 Å². The molecule has 1 aliphatic heterocycles. The van der Waals surface area contributed by atoms with E-state index in [9.17, 15) is 0 Å². The standard InChI is InChI=1S/C26H34Br2N4O/c1-32(2)24-14-26(29,31-23-7-5-4-6-21(23)24)19-10-8-17(9-11-19)15-30-16-18-12-20(27)13-22(28)25(18)33-3/h4-7,12-14,17,19,30-31H,8-11,15-16,29H2,1-3H3. The second kappa shape index (κ2) is 10.4. The van der Waals surface area contributed by atoms with Crippen LogP contribution in [0.1, 0.15) is 36.8 Å². The van der Waals surface area contributed by atoms with Crippen LogP contribution in [0.4, 0.5) is 5.69 Å². The lowest BCUT2D eigenvalue weighted by Gasteiger charge is -2.44. The van der Waals surface area contributed by atoms with Gasteiger partial charge in [0.15, 0.2) is 0 Å². The molecule has 0 amide bonds. The van der Waals surface area contributed by atoms with Crippen LogP contribution in [0, 0.1) is 11.8 Å². The molecule has 7 heteroatoms. The van der Waals surface area contributed by atoms with Gasteiger partial charge in [-0.25, -0.2) is 0 Å². The van der Waals surface area contributed by atoms with E-state index >= 15 is 0 Å². The van der Waals surface area contributed by atoms with Gasteiger partial charge in [0.1, 0.15) is 11.4 Å². The Labute approximate surface area is 214 Å². The molecule has 0 saturated heterocycles. The van der Waals surface area contributed by atoms with Crippen LogP contribution < -0.4 is 21.1 Å². The van der Waals surface area contributed by atoms with Gasteiger partial charge in [0.2, 0.25) is 0 Å². The molecule has 1 heterocycles. The van der Waals surface area contributed by atoms with Crippen LogP contribution in [0.5, 0.6) is 5.75 Å². The second-order valence-corrected chi connectivity index (χ2v) is 11.2. The van der Waals surface area contributed by atoms with Crippen LogP contribution in [0.3, 0.4) is 0 Å². The van der Waals surface area contributed by atoms with Gasteiger partial charge < -0.3 is 26.0 Å². The predicted octanol–water partition coefficient (Wildman–Crippen LogP) is 5.80. The number of hydrogen-bond donors (Lipinski definition) is 3. The average Bonchev–Trinajstić information content (AvgIpc) is 2.78. The number of methoxy groups -OCH3 is 1. The lowest BCUT2D eigenvalue weighted by atomic mass is 9.74. The highest BCUT2D eigenvalue weighted by molar-refractivity contribution is 9.11. The van der Waals surface area contributed by atoms with Gasteiger partial charge in [0.25, 0.3) is 0 Å². The zero-order chi connectivity index (χ0) is 23.6. The summed E-state index contributed by atoms with van der Waals surface area (Å²) in [5.74, 6) is 1.98. The normalized spacial score (nSPS) is 24.5. The van der Waals surface area contributed by atoms with Crippen molar-refractivity contribution in [1.29, 1.82) is 0 Å². The minimum absolute atomic E-state index is 0.415. The first-order valence-corrected chi connectivity index (χ1v) is 13.2. The molecular formula is C26H34Br2N4O. The molecule has 1 unspecified atom stereocenters. The fraction of sp³-hybridized carbons (Fsp3) is 0.462. The molecule has 0 bridgehead atoms. The summed E-state index contributed by atoms with van der Waals surface area (Å²) in [5, 5.41) is 7.32. The Hall–Kier alpha value is -1.54. The fourth-order valence-electron chi connectivity index (χ4n) is 5.21. The highest BCUT2D eigenvalue weighted by Crippen LogP contribution is 2.41. The second-order valence-electron chi connectivity index (χ2n) is 9.46. The Kier molecular flexibility index (Phi) is 7.73. The van der Waals surface area contributed by atoms with E-state index in [2.05, 4.69) is 97.9 Å². The third kappa shape index (κ3) is 5.42. The fourth-order valence-corrected chi connectivity index (χ4v) is 6.68. The van der Waals surface area contributed by atoms with Gasteiger partial charge in [-0.05, 0) is 84.3 Å². The number of para-hydroxylation sites is 1. The number of rotatable bonds is 7. The quantitative estimate of drug-likeness (QED) is 0.388. The Morgan fingerprint density at radius 2 is 1.88 bits per heavy atom. The number of ether oxygens (including phenoxy) is 1. The van der Waals surface area contributed by atoms with E-state index in [0.29, 0.717) is 11.8 Å². The molecular weight excluding hydrogens is 544 g/mol. The van der Waals surface area contributed by atoms with Crippen molar-refractivity contribution in [1.82, 2.24) is 10.2 Å². The van der Waals surface area contributed by atoms with E-state index in [-0.39, 0.29) is 0 Å². The Bertz CT molecular complexity index is 1020. The highest BCUT2D eigenvalue weighted by atomic mass is 79.9. The van der Waals surface area contributed by atoms with Crippen molar-refractivity contribution < 1.29 is 4.74 Å². The number of hydrogen-bond acceptors (Lipinski definition) is 5. The summed E-state index contributed by atoms with van der Waals surface area (Å²) in [7, 11) is 5.90. The monoisotopic (exact) mass is 576 g/mol. The van der Waals surface area contributed by atoms with Gasteiger partial charge in [-0.2, -0.15) is 0 Å². The van der Waals surface area contributed by atoms with Crippen LogP contribution in [0.15, 0.2) is 51.4 Å². The number of fused-ring (bicyclic) bond motifs is 1.